The fourth-order valence-corrected chi connectivity index (χ4v) is 2.95. The number of fused-ring (bicyclic) bond motifs is 1. The average molecular weight is 267 g/mol. The van der Waals surface area contributed by atoms with Crippen LogP contribution >= 0.6 is 0 Å². The number of rotatable bonds is 2. The summed E-state index contributed by atoms with van der Waals surface area (Å²) in [4.78, 5) is 12.1. The largest absolute Gasteiger partial charge is 0.320 e. The molecule has 1 saturated carbocycles. The van der Waals surface area contributed by atoms with E-state index in [0.717, 1.165) is 31.4 Å². The van der Waals surface area contributed by atoms with Gasteiger partial charge >= 0.3 is 0 Å². The average Bonchev–Trinajstić information content (AvgIpc) is 2.95. The number of hydrogen-bond donors (Lipinski definition) is 3. The summed E-state index contributed by atoms with van der Waals surface area (Å²) in [6, 6.07) is 3.35. The van der Waals surface area contributed by atoms with E-state index in [1.807, 2.05) is 0 Å². The second-order valence-electron chi connectivity index (χ2n) is 5.05. The van der Waals surface area contributed by atoms with Crippen LogP contribution in [0, 0.1) is 17.6 Å². The van der Waals surface area contributed by atoms with E-state index >= 15 is 0 Å². The minimum atomic E-state index is -0.762. The highest BCUT2D eigenvalue weighted by molar-refractivity contribution is 5.95. The van der Waals surface area contributed by atoms with Crippen molar-refractivity contribution in [3.8, 4) is 0 Å². The smallest absolute Gasteiger partial charge is 0.243 e. The number of benzene rings is 1. The van der Waals surface area contributed by atoms with Crippen molar-refractivity contribution in [1.82, 2.24) is 10.9 Å². The fourth-order valence-electron chi connectivity index (χ4n) is 2.95. The Morgan fingerprint density at radius 3 is 2.68 bits per heavy atom. The van der Waals surface area contributed by atoms with Gasteiger partial charge in [0.05, 0.1) is 0 Å². The molecule has 3 unspecified atom stereocenters. The third-order valence-electron chi connectivity index (χ3n) is 3.92. The topological polar surface area (TPSA) is 53.2 Å². The summed E-state index contributed by atoms with van der Waals surface area (Å²) in [5.41, 5.74) is 5.60. The second kappa shape index (κ2) is 4.86. The van der Waals surface area contributed by atoms with Crippen LogP contribution in [0.2, 0.25) is 0 Å². The van der Waals surface area contributed by atoms with E-state index in [2.05, 4.69) is 16.2 Å². The fraction of sp³-hybridized carbons (Fsp3) is 0.462. The van der Waals surface area contributed by atoms with Crippen molar-refractivity contribution >= 4 is 11.6 Å². The molecule has 19 heavy (non-hydrogen) atoms. The molecule has 1 aliphatic heterocycles. The molecule has 1 saturated heterocycles. The van der Waals surface area contributed by atoms with Crippen LogP contribution in [0.3, 0.4) is 0 Å². The first-order valence-corrected chi connectivity index (χ1v) is 6.43. The lowest BCUT2D eigenvalue weighted by Gasteiger charge is -2.17. The molecule has 1 heterocycles. The van der Waals surface area contributed by atoms with E-state index in [9.17, 15) is 13.6 Å². The van der Waals surface area contributed by atoms with Crippen LogP contribution in [-0.2, 0) is 4.79 Å². The minimum Gasteiger partial charge on any atom is -0.320 e. The number of hydrazine groups is 1. The van der Waals surface area contributed by atoms with Gasteiger partial charge in [-0.1, -0.05) is 12.5 Å². The number of amides is 1. The van der Waals surface area contributed by atoms with Gasteiger partial charge in [-0.15, -0.1) is 0 Å². The molecule has 2 fully saturated rings. The molecular formula is C13H15F2N3O. The van der Waals surface area contributed by atoms with Gasteiger partial charge in [-0.3, -0.25) is 10.2 Å². The number of hydrogen-bond acceptors (Lipinski definition) is 3. The predicted molar refractivity (Wildman–Crippen MR) is 66.2 cm³/mol. The van der Waals surface area contributed by atoms with Crippen molar-refractivity contribution in [1.29, 1.82) is 0 Å². The Balaban J connectivity index is 1.75. The maximum Gasteiger partial charge on any atom is 0.243 e. The first kappa shape index (κ1) is 12.5. The zero-order valence-corrected chi connectivity index (χ0v) is 10.2. The molecule has 102 valence electrons. The highest BCUT2D eigenvalue weighted by Crippen LogP contribution is 2.32. The molecule has 0 aromatic heterocycles. The molecule has 1 aromatic carbocycles. The zero-order chi connectivity index (χ0) is 13.4. The first-order chi connectivity index (χ1) is 9.16. The molecule has 4 nitrogen and oxygen atoms in total. The summed E-state index contributed by atoms with van der Waals surface area (Å²) < 4.78 is 27.0. The summed E-state index contributed by atoms with van der Waals surface area (Å²) in [5, 5.41) is 2.34. The van der Waals surface area contributed by atoms with E-state index in [4.69, 9.17) is 0 Å². The molecule has 3 N–H and O–H groups in total. The Kier molecular flexibility index (Phi) is 3.20. The number of carbonyl (C=O) groups is 1. The Labute approximate surface area is 109 Å². The van der Waals surface area contributed by atoms with Crippen molar-refractivity contribution in [2.75, 3.05) is 5.32 Å². The third-order valence-corrected chi connectivity index (χ3v) is 3.92. The van der Waals surface area contributed by atoms with Gasteiger partial charge < -0.3 is 5.32 Å². The Morgan fingerprint density at radius 1 is 1.21 bits per heavy atom. The summed E-state index contributed by atoms with van der Waals surface area (Å²) in [7, 11) is 0. The van der Waals surface area contributed by atoms with E-state index in [-0.39, 0.29) is 17.6 Å². The lowest BCUT2D eigenvalue weighted by molar-refractivity contribution is -0.118. The van der Waals surface area contributed by atoms with Crippen LogP contribution < -0.4 is 16.2 Å². The Morgan fingerprint density at radius 2 is 1.95 bits per heavy atom. The quantitative estimate of drug-likeness (QED) is 0.762. The van der Waals surface area contributed by atoms with Crippen molar-refractivity contribution in [3.05, 3.63) is 29.8 Å². The van der Waals surface area contributed by atoms with Crippen molar-refractivity contribution in [2.45, 2.75) is 31.3 Å². The minimum absolute atomic E-state index is 0.190. The molecule has 2 aliphatic rings. The number of nitrogens with one attached hydrogen (secondary N) is 3. The Hall–Kier alpha value is -1.53. The van der Waals surface area contributed by atoms with Gasteiger partial charge in [0.15, 0.2) is 0 Å². The Bertz CT molecular complexity index is 488. The molecule has 0 spiro atoms. The van der Waals surface area contributed by atoms with E-state index in [1.54, 1.807) is 0 Å². The van der Waals surface area contributed by atoms with Crippen LogP contribution in [-0.4, -0.2) is 18.0 Å². The summed E-state index contributed by atoms with van der Waals surface area (Å²) in [6.45, 7) is 0. The van der Waals surface area contributed by atoms with Gasteiger partial charge in [0, 0.05) is 12.0 Å². The van der Waals surface area contributed by atoms with Gasteiger partial charge in [0.1, 0.15) is 23.4 Å². The van der Waals surface area contributed by atoms with E-state index < -0.39 is 23.6 Å². The molecule has 1 amide bonds. The predicted octanol–water partition coefficient (Wildman–Crippen LogP) is 1.55. The van der Waals surface area contributed by atoms with Crippen LogP contribution in [0.5, 0.6) is 0 Å². The number of para-hydroxylation sites is 1. The normalized spacial score (nSPS) is 29.3. The maximum atomic E-state index is 13.5. The third kappa shape index (κ3) is 2.21. The van der Waals surface area contributed by atoms with Crippen molar-refractivity contribution in [2.24, 2.45) is 5.92 Å². The van der Waals surface area contributed by atoms with Gasteiger partial charge in [-0.25, -0.2) is 14.2 Å². The maximum absolute atomic E-state index is 13.5. The van der Waals surface area contributed by atoms with Crippen LogP contribution in [0.1, 0.15) is 19.3 Å². The zero-order valence-electron chi connectivity index (χ0n) is 10.2. The van der Waals surface area contributed by atoms with Crippen molar-refractivity contribution < 1.29 is 13.6 Å². The molecular weight excluding hydrogens is 252 g/mol. The van der Waals surface area contributed by atoms with Crippen molar-refractivity contribution in [3.63, 3.8) is 0 Å². The highest BCUT2D eigenvalue weighted by atomic mass is 19.1. The molecule has 0 radical (unpaired) electrons. The number of anilines is 1. The number of halogens is 2. The first-order valence-electron chi connectivity index (χ1n) is 6.43. The molecule has 3 atom stereocenters. The SMILES string of the molecule is O=C(Nc1c(F)cccc1F)C1NNC2CCCC21. The van der Waals surface area contributed by atoms with Crippen LogP contribution in [0.4, 0.5) is 14.5 Å². The summed E-state index contributed by atoms with van der Waals surface area (Å²) in [6.07, 6.45) is 3.04. The standard InChI is InChI=1S/C13H15F2N3O/c14-8-4-2-5-9(15)12(8)16-13(19)11-7-3-1-6-10(7)17-18-11/h2,4-5,7,10-11,17-18H,1,3,6H2,(H,16,19). The van der Waals surface area contributed by atoms with E-state index in [1.165, 1.54) is 6.07 Å². The monoisotopic (exact) mass is 267 g/mol. The second-order valence-corrected chi connectivity index (χ2v) is 5.05. The highest BCUT2D eigenvalue weighted by Gasteiger charge is 2.42. The van der Waals surface area contributed by atoms with Gasteiger partial charge in [-0.05, 0) is 25.0 Å². The molecule has 3 rings (SSSR count). The number of carbonyl (C=O) groups excluding carboxylic acids is 1. The van der Waals surface area contributed by atoms with Gasteiger partial charge in [0.2, 0.25) is 5.91 Å². The lowest BCUT2D eigenvalue weighted by atomic mass is 9.96. The molecule has 1 aromatic rings. The van der Waals surface area contributed by atoms with E-state index in [0.29, 0.717) is 0 Å². The van der Waals surface area contributed by atoms with Gasteiger partial charge in [-0.2, -0.15) is 0 Å². The molecule has 0 bridgehead atoms. The van der Waals surface area contributed by atoms with Crippen LogP contribution in [0.15, 0.2) is 18.2 Å². The van der Waals surface area contributed by atoms with Gasteiger partial charge in [0.25, 0.3) is 0 Å². The summed E-state index contributed by atoms with van der Waals surface area (Å²) >= 11 is 0. The molecule has 1 aliphatic carbocycles. The molecule has 6 heteroatoms. The summed E-state index contributed by atoms with van der Waals surface area (Å²) in [5.74, 6) is -1.73. The van der Waals surface area contributed by atoms with Crippen LogP contribution in [0.25, 0.3) is 0 Å². The lowest BCUT2D eigenvalue weighted by Crippen LogP contribution is -2.42.